The fraction of sp³-hybridized carbons (Fsp3) is 0.188. The van der Waals surface area contributed by atoms with E-state index in [1.165, 1.54) is 30.5 Å². The first-order chi connectivity index (χ1) is 13.5. The van der Waals surface area contributed by atoms with Crippen molar-refractivity contribution in [2.45, 2.75) is 13.0 Å². The van der Waals surface area contributed by atoms with Crippen LogP contribution in [0.2, 0.25) is 5.02 Å². The highest BCUT2D eigenvalue weighted by atomic mass is 35.5. The number of fused-ring (bicyclic) bond motifs is 1. The van der Waals surface area contributed by atoms with Gasteiger partial charge in [-0.2, -0.15) is 9.67 Å². The number of nitrogens with one attached hydrogen (secondary N) is 2. The van der Waals surface area contributed by atoms with E-state index in [0.717, 1.165) is 5.39 Å². The van der Waals surface area contributed by atoms with Gasteiger partial charge in [0.15, 0.2) is 0 Å². The Morgan fingerprint density at radius 1 is 1.29 bits per heavy atom. The Hall–Kier alpha value is -3.60. The molecule has 0 aliphatic carbocycles. The molecule has 4 rings (SSSR count). The van der Waals surface area contributed by atoms with Crippen LogP contribution in [-0.4, -0.2) is 47.3 Å². The lowest BCUT2D eigenvalue weighted by molar-refractivity contribution is 0.394. The third-order valence-electron chi connectivity index (χ3n) is 4.03. The number of hydrogen-bond acceptors (Lipinski definition) is 9. The third-order valence-corrected chi connectivity index (χ3v) is 4.23. The first kappa shape index (κ1) is 17.8. The molecule has 0 spiro atoms. The Labute approximate surface area is 162 Å². The average Bonchev–Trinajstić information content (AvgIpc) is 3.22. The third kappa shape index (κ3) is 3.34. The van der Waals surface area contributed by atoms with Crippen LogP contribution in [-0.2, 0) is 0 Å². The summed E-state index contributed by atoms with van der Waals surface area (Å²) < 4.78 is 6.68. The summed E-state index contributed by atoms with van der Waals surface area (Å²) >= 11 is 5.99. The maximum atomic E-state index is 12.4. The van der Waals surface area contributed by atoms with Gasteiger partial charge in [-0.1, -0.05) is 11.6 Å². The smallest absolute Gasteiger partial charge is 0.254 e. The average molecular weight is 400 g/mol. The van der Waals surface area contributed by atoms with Gasteiger partial charge in [0.2, 0.25) is 11.8 Å². The quantitative estimate of drug-likeness (QED) is 0.511. The number of rotatable bonds is 5. The normalized spacial score (nSPS) is 12.1. The largest absolute Gasteiger partial charge is 0.479 e. The van der Waals surface area contributed by atoms with Gasteiger partial charge in [-0.15, -0.1) is 5.10 Å². The maximum Gasteiger partial charge on any atom is 0.254 e. The zero-order chi connectivity index (χ0) is 19.7. The van der Waals surface area contributed by atoms with E-state index < -0.39 is 6.04 Å². The molecule has 1 atom stereocenters. The fourth-order valence-corrected chi connectivity index (χ4v) is 2.85. The molecule has 142 valence electrons. The van der Waals surface area contributed by atoms with E-state index in [2.05, 4.69) is 40.8 Å². The van der Waals surface area contributed by atoms with Crippen LogP contribution in [0.25, 0.3) is 16.7 Å². The molecule has 0 aromatic carbocycles. The van der Waals surface area contributed by atoms with Gasteiger partial charge < -0.3 is 15.0 Å². The van der Waals surface area contributed by atoms with Crippen molar-refractivity contribution >= 4 is 28.6 Å². The number of hydrogen-bond donors (Lipinski definition) is 2. The van der Waals surface area contributed by atoms with Crippen LogP contribution in [0, 0.1) is 0 Å². The lowest BCUT2D eigenvalue weighted by Gasteiger charge is -2.15. The molecule has 0 unspecified atom stereocenters. The highest BCUT2D eigenvalue weighted by Crippen LogP contribution is 2.23. The monoisotopic (exact) mass is 399 g/mol. The van der Waals surface area contributed by atoms with Crippen LogP contribution >= 0.6 is 11.6 Å². The van der Waals surface area contributed by atoms with E-state index in [1.54, 1.807) is 12.1 Å². The standard InChI is InChI=1S/C16H14ClN9O2/c1-8(11-4-9-3-10(17)5-18-13(9)22-14(11)27)21-16-19-6-12(15(23-16)28-2)26-7-20-24-25-26/h3-8H,1-2H3,(H,18,22,27)(H,19,21,23)/t8-/m0/s1. The summed E-state index contributed by atoms with van der Waals surface area (Å²) in [6, 6.07) is 3.07. The molecule has 28 heavy (non-hydrogen) atoms. The van der Waals surface area contributed by atoms with Crippen LogP contribution in [0.1, 0.15) is 18.5 Å². The number of aromatic nitrogens is 8. The number of anilines is 1. The predicted octanol–water partition coefficient (Wildman–Crippen LogP) is 1.52. The number of ether oxygens (including phenoxy) is 1. The first-order valence-electron chi connectivity index (χ1n) is 8.14. The molecular formula is C16H14ClN9O2. The minimum absolute atomic E-state index is 0.264. The summed E-state index contributed by atoms with van der Waals surface area (Å²) in [5.74, 6) is 0.560. The molecule has 0 aliphatic rings. The molecule has 4 aromatic rings. The fourth-order valence-electron chi connectivity index (χ4n) is 2.68. The van der Waals surface area contributed by atoms with Crippen molar-refractivity contribution in [3.8, 4) is 11.6 Å². The highest BCUT2D eigenvalue weighted by Gasteiger charge is 2.16. The topological polar surface area (TPSA) is 136 Å². The molecule has 12 heteroatoms. The number of pyridine rings is 2. The van der Waals surface area contributed by atoms with Crippen molar-refractivity contribution in [3.63, 3.8) is 0 Å². The Kier molecular flexibility index (Phi) is 4.57. The molecule has 0 saturated carbocycles. The Balaban J connectivity index is 1.65. The highest BCUT2D eigenvalue weighted by molar-refractivity contribution is 6.31. The minimum Gasteiger partial charge on any atom is -0.479 e. The van der Waals surface area contributed by atoms with Gasteiger partial charge in [-0.3, -0.25) is 4.79 Å². The second-order valence-electron chi connectivity index (χ2n) is 5.85. The summed E-state index contributed by atoms with van der Waals surface area (Å²) in [6.07, 6.45) is 4.41. The second kappa shape index (κ2) is 7.19. The molecule has 0 aliphatic heterocycles. The predicted molar refractivity (Wildman–Crippen MR) is 101 cm³/mol. The Morgan fingerprint density at radius 2 is 2.14 bits per heavy atom. The summed E-state index contributed by atoms with van der Waals surface area (Å²) in [7, 11) is 1.48. The van der Waals surface area contributed by atoms with Crippen molar-refractivity contribution in [3.05, 3.63) is 51.8 Å². The molecule has 4 heterocycles. The van der Waals surface area contributed by atoms with E-state index in [1.807, 2.05) is 6.92 Å². The molecule has 0 bridgehead atoms. The molecular weight excluding hydrogens is 386 g/mol. The molecule has 0 radical (unpaired) electrons. The SMILES string of the molecule is COc1nc(N[C@@H](C)c2cc3cc(Cl)cnc3[nH]c2=O)ncc1-n1cnnn1. The van der Waals surface area contributed by atoms with Gasteiger partial charge in [0, 0.05) is 17.1 Å². The molecule has 4 aromatic heterocycles. The van der Waals surface area contributed by atoms with Gasteiger partial charge in [-0.25, -0.2) is 9.97 Å². The summed E-state index contributed by atoms with van der Waals surface area (Å²) in [5.41, 5.74) is 1.17. The van der Waals surface area contributed by atoms with E-state index in [0.29, 0.717) is 21.9 Å². The van der Waals surface area contributed by atoms with Gasteiger partial charge >= 0.3 is 0 Å². The second-order valence-corrected chi connectivity index (χ2v) is 6.29. The zero-order valence-electron chi connectivity index (χ0n) is 14.8. The van der Waals surface area contributed by atoms with Gasteiger partial charge in [-0.05, 0) is 29.5 Å². The van der Waals surface area contributed by atoms with E-state index in [4.69, 9.17) is 16.3 Å². The Morgan fingerprint density at radius 3 is 2.89 bits per heavy atom. The van der Waals surface area contributed by atoms with Crippen LogP contribution < -0.4 is 15.6 Å². The van der Waals surface area contributed by atoms with Crippen LogP contribution in [0.5, 0.6) is 5.88 Å². The van der Waals surface area contributed by atoms with E-state index in [-0.39, 0.29) is 17.4 Å². The van der Waals surface area contributed by atoms with Crippen molar-refractivity contribution in [1.29, 1.82) is 0 Å². The molecule has 0 amide bonds. The lowest BCUT2D eigenvalue weighted by atomic mass is 10.1. The summed E-state index contributed by atoms with van der Waals surface area (Å²) in [6.45, 7) is 1.82. The number of H-pyrrole nitrogens is 1. The molecule has 11 nitrogen and oxygen atoms in total. The van der Waals surface area contributed by atoms with E-state index in [9.17, 15) is 4.79 Å². The zero-order valence-corrected chi connectivity index (χ0v) is 15.5. The molecule has 0 saturated heterocycles. The lowest BCUT2D eigenvalue weighted by Crippen LogP contribution is -2.20. The maximum absolute atomic E-state index is 12.4. The molecule has 0 fully saturated rings. The number of tetrazole rings is 1. The van der Waals surface area contributed by atoms with Gasteiger partial charge in [0.1, 0.15) is 17.7 Å². The molecule has 2 N–H and O–H groups in total. The van der Waals surface area contributed by atoms with Crippen molar-refractivity contribution in [1.82, 2.24) is 40.1 Å². The first-order valence-corrected chi connectivity index (χ1v) is 8.52. The Bertz CT molecular complexity index is 1190. The van der Waals surface area contributed by atoms with Gasteiger partial charge in [0.05, 0.1) is 24.4 Å². The van der Waals surface area contributed by atoms with Crippen LogP contribution in [0.15, 0.2) is 35.6 Å². The van der Waals surface area contributed by atoms with Crippen LogP contribution in [0.4, 0.5) is 5.95 Å². The van der Waals surface area contributed by atoms with Crippen molar-refractivity contribution in [2.75, 3.05) is 12.4 Å². The number of halogens is 1. The van der Waals surface area contributed by atoms with Crippen molar-refractivity contribution in [2.24, 2.45) is 0 Å². The van der Waals surface area contributed by atoms with E-state index >= 15 is 0 Å². The number of aromatic amines is 1. The van der Waals surface area contributed by atoms with Crippen molar-refractivity contribution < 1.29 is 4.74 Å². The summed E-state index contributed by atoms with van der Waals surface area (Å²) in [5, 5.41) is 15.2. The minimum atomic E-state index is -0.393. The number of nitrogens with zero attached hydrogens (tertiary/aromatic N) is 7. The number of methoxy groups -OCH3 is 1. The van der Waals surface area contributed by atoms with Crippen LogP contribution in [0.3, 0.4) is 0 Å². The van der Waals surface area contributed by atoms with Gasteiger partial charge in [0.25, 0.3) is 5.56 Å². The summed E-state index contributed by atoms with van der Waals surface area (Å²) in [4.78, 5) is 27.8.